The third kappa shape index (κ3) is 2.95. The summed E-state index contributed by atoms with van der Waals surface area (Å²) in [6.45, 7) is 4.76. The number of hydrogen-bond donors (Lipinski definition) is 0. The minimum absolute atomic E-state index is 0.0749. The van der Waals surface area contributed by atoms with E-state index in [2.05, 4.69) is 28.0 Å². The molecule has 2 aromatic heterocycles. The molecule has 2 aromatic rings. The second-order valence-electron chi connectivity index (χ2n) is 6.93. The fraction of sp³-hybridized carbons (Fsp3) is 0.444. The van der Waals surface area contributed by atoms with Crippen LogP contribution in [0.25, 0.3) is 0 Å². The van der Waals surface area contributed by atoms with Crippen LogP contribution in [0.3, 0.4) is 0 Å². The molecule has 25 heavy (non-hydrogen) atoms. The summed E-state index contributed by atoms with van der Waals surface area (Å²) in [5.74, 6) is 1.57. The first-order valence-corrected chi connectivity index (χ1v) is 8.47. The second-order valence-corrected chi connectivity index (χ2v) is 6.93. The van der Waals surface area contributed by atoms with Crippen molar-refractivity contribution in [1.82, 2.24) is 15.0 Å². The molecule has 0 atom stereocenters. The maximum Gasteiger partial charge on any atom is 0.276 e. The lowest BCUT2D eigenvalue weighted by Gasteiger charge is -2.35. The number of aromatic nitrogens is 2. The number of pyridine rings is 1. The van der Waals surface area contributed by atoms with Gasteiger partial charge in [0.25, 0.3) is 5.91 Å². The minimum atomic E-state index is -0.0771. The highest BCUT2D eigenvalue weighted by atomic mass is 16.5. The number of piperazine rings is 1. The predicted molar refractivity (Wildman–Crippen MR) is 90.2 cm³/mol. The topological polar surface area (TPSA) is 86.3 Å². The molecule has 3 heterocycles. The molecule has 0 aromatic carbocycles. The Morgan fingerprint density at radius 1 is 1.28 bits per heavy atom. The van der Waals surface area contributed by atoms with Crippen molar-refractivity contribution in [3.8, 4) is 6.07 Å². The zero-order valence-electron chi connectivity index (χ0n) is 14.1. The molecule has 1 aliphatic carbocycles. The van der Waals surface area contributed by atoms with Crippen LogP contribution in [-0.4, -0.2) is 47.1 Å². The Hall–Kier alpha value is -2.88. The number of nitriles is 1. The van der Waals surface area contributed by atoms with Gasteiger partial charge in [0.15, 0.2) is 5.69 Å². The fourth-order valence-electron chi connectivity index (χ4n) is 3.03. The Kier molecular flexibility index (Phi) is 3.68. The van der Waals surface area contributed by atoms with Crippen LogP contribution < -0.4 is 4.90 Å². The molecular weight excluding hydrogens is 318 g/mol. The summed E-state index contributed by atoms with van der Waals surface area (Å²) in [7, 11) is 0. The van der Waals surface area contributed by atoms with Crippen molar-refractivity contribution in [3.05, 3.63) is 41.4 Å². The van der Waals surface area contributed by atoms with E-state index in [1.54, 1.807) is 23.2 Å². The lowest BCUT2D eigenvalue weighted by molar-refractivity contribution is 0.0736. The van der Waals surface area contributed by atoms with Gasteiger partial charge in [0.1, 0.15) is 17.6 Å². The van der Waals surface area contributed by atoms with E-state index in [1.807, 2.05) is 6.07 Å². The average molecular weight is 337 g/mol. The van der Waals surface area contributed by atoms with Gasteiger partial charge in [0.05, 0.1) is 5.56 Å². The molecule has 2 fully saturated rings. The first-order valence-electron chi connectivity index (χ1n) is 8.47. The van der Waals surface area contributed by atoms with E-state index >= 15 is 0 Å². The molecule has 0 unspecified atom stereocenters. The van der Waals surface area contributed by atoms with Crippen LogP contribution in [0.2, 0.25) is 0 Å². The maximum absolute atomic E-state index is 12.6. The van der Waals surface area contributed by atoms with Gasteiger partial charge in [-0.2, -0.15) is 5.26 Å². The van der Waals surface area contributed by atoms with Crippen molar-refractivity contribution in [2.75, 3.05) is 31.1 Å². The molecule has 1 aliphatic heterocycles. The zero-order valence-corrected chi connectivity index (χ0v) is 14.1. The molecular formula is C18H19N5O2. The number of carbonyl (C=O) groups is 1. The molecule has 7 heteroatoms. The number of amides is 1. The van der Waals surface area contributed by atoms with E-state index in [0.29, 0.717) is 37.4 Å². The Balaban J connectivity index is 1.38. The van der Waals surface area contributed by atoms with E-state index in [-0.39, 0.29) is 11.3 Å². The van der Waals surface area contributed by atoms with E-state index < -0.39 is 0 Å². The van der Waals surface area contributed by atoms with Crippen molar-refractivity contribution in [2.45, 2.75) is 25.2 Å². The van der Waals surface area contributed by atoms with Gasteiger partial charge >= 0.3 is 0 Å². The second kappa shape index (κ2) is 5.88. The lowest BCUT2D eigenvalue weighted by Crippen LogP contribution is -2.49. The van der Waals surface area contributed by atoms with Crippen LogP contribution in [0.15, 0.2) is 28.9 Å². The van der Waals surface area contributed by atoms with Gasteiger partial charge in [0.2, 0.25) is 0 Å². The van der Waals surface area contributed by atoms with Crippen LogP contribution >= 0.6 is 0 Å². The summed E-state index contributed by atoms with van der Waals surface area (Å²) in [6, 6.07) is 7.46. The van der Waals surface area contributed by atoms with Gasteiger partial charge in [-0.05, 0) is 25.0 Å². The summed E-state index contributed by atoms with van der Waals surface area (Å²) >= 11 is 0. The molecule has 0 N–H and O–H groups in total. The molecule has 4 rings (SSSR count). The third-order valence-corrected chi connectivity index (χ3v) is 5.09. The highest BCUT2D eigenvalue weighted by Gasteiger charge is 2.43. The molecule has 1 saturated heterocycles. The summed E-state index contributed by atoms with van der Waals surface area (Å²) in [5.41, 5.74) is 1.02. The third-order valence-electron chi connectivity index (χ3n) is 5.09. The largest absolute Gasteiger partial charge is 0.360 e. The number of carbonyl (C=O) groups excluding carboxylic acids is 1. The van der Waals surface area contributed by atoms with E-state index in [0.717, 1.165) is 24.4 Å². The van der Waals surface area contributed by atoms with Gasteiger partial charge in [-0.25, -0.2) is 4.98 Å². The highest BCUT2D eigenvalue weighted by molar-refractivity contribution is 5.92. The van der Waals surface area contributed by atoms with Crippen LogP contribution in [0.5, 0.6) is 0 Å². The van der Waals surface area contributed by atoms with Crippen molar-refractivity contribution < 1.29 is 9.32 Å². The van der Waals surface area contributed by atoms with Crippen LogP contribution in [0.4, 0.5) is 5.82 Å². The normalized spacial score (nSPS) is 18.7. The molecule has 7 nitrogen and oxygen atoms in total. The first-order chi connectivity index (χ1) is 12.1. The fourth-order valence-corrected chi connectivity index (χ4v) is 3.03. The molecule has 0 spiro atoms. The Bertz CT molecular complexity index is 824. The smallest absolute Gasteiger partial charge is 0.276 e. The van der Waals surface area contributed by atoms with Crippen LogP contribution in [0, 0.1) is 11.3 Å². The molecule has 0 bridgehead atoms. The quantitative estimate of drug-likeness (QED) is 0.851. The van der Waals surface area contributed by atoms with Crippen LogP contribution in [0.1, 0.15) is 41.6 Å². The van der Waals surface area contributed by atoms with Gasteiger partial charge in [0, 0.05) is 43.9 Å². The van der Waals surface area contributed by atoms with Crippen molar-refractivity contribution in [2.24, 2.45) is 0 Å². The van der Waals surface area contributed by atoms with Gasteiger partial charge in [-0.1, -0.05) is 12.1 Å². The van der Waals surface area contributed by atoms with Crippen LogP contribution in [-0.2, 0) is 5.41 Å². The number of rotatable bonds is 3. The predicted octanol–water partition coefficient (Wildman–Crippen LogP) is 1.96. The summed E-state index contributed by atoms with van der Waals surface area (Å²) in [4.78, 5) is 20.8. The first kappa shape index (κ1) is 15.6. The summed E-state index contributed by atoms with van der Waals surface area (Å²) < 4.78 is 5.37. The number of anilines is 1. The number of nitrogens with zero attached hydrogens (tertiary/aromatic N) is 5. The highest BCUT2D eigenvalue weighted by Crippen LogP contribution is 2.47. The Morgan fingerprint density at radius 2 is 2.04 bits per heavy atom. The standard InChI is InChI=1S/C18H19N5O2/c1-18(4-5-18)15-10-14(21-25-15)17(24)23-8-6-22(7-9-23)16-3-2-13(11-19)12-20-16/h2-3,10,12H,4-9H2,1H3. The SMILES string of the molecule is CC1(c2cc(C(=O)N3CCN(c4ccc(C#N)cn4)CC3)no2)CC1. The minimum Gasteiger partial charge on any atom is -0.360 e. The van der Waals surface area contributed by atoms with E-state index in [1.165, 1.54) is 0 Å². The molecule has 128 valence electrons. The Morgan fingerprint density at radius 3 is 2.64 bits per heavy atom. The van der Waals surface area contributed by atoms with Gasteiger partial charge < -0.3 is 14.3 Å². The van der Waals surface area contributed by atoms with Gasteiger partial charge in [-0.3, -0.25) is 4.79 Å². The van der Waals surface area contributed by atoms with Crippen molar-refractivity contribution in [3.63, 3.8) is 0 Å². The Labute approximate surface area is 145 Å². The zero-order chi connectivity index (χ0) is 17.4. The summed E-state index contributed by atoms with van der Waals surface area (Å²) in [5, 5.41) is 12.8. The van der Waals surface area contributed by atoms with Crippen molar-refractivity contribution >= 4 is 11.7 Å². The number of hydrogen-bond acceptors (Lipinski definition) is 6. The van der Waals surface area contributed by atoms with Crippen molar-refractivity contribution in [1.29, 1.82) is 5.26 Å². The average Bonchev–Trinajstić information content (AvgIpc) is 3.21. The maximum atomic E-state index is 12.6. The monoisotopic (exact) mass is 337 g/mol. The molecule has 1 amide bonds. The summed E-state index contributed by atoms with van der Waals surface area (Å²) in [6.07, 6.45) is 3.75. The molecule has 2 aliphatic rings. The van der Waals surface area contributed by atoms with Gasteiger partial charge in [-0.15, -0.1) is 0 Å². The lowest BCUT2D eigenvalue weighted by atomic mass is 10.1. The van der Waals surface area contributed by atoms with E-state index in [9.17, 15) is 4.79 Å². The van der Waals surface area contributed by atoms with E-state index in [4.69, 9.17) is 9.78 Å². The molecule has 1 saturated carbocycles. The molecule has 0 radical (unpaired) electrons.